The lowest BCUT2D eigenvalue weighted by atomic mass is 10.1. The van der Waals surface area contributed by atoms with Crippen molar-refractivity contribution in [2.75, 3.05) is 0 Å². The van der Waals surface area contributed by atoms with Crippen molar-refractivity contribution in [1.29, 1.82) is 0 Å². The van der Waals surface area contributed by atoms with Crippen LogP contribution < -0.4 is 5.73 Å². The third-order valence-corrected chi connectivity index (χ3v) is 1.49. The van der Waals surface area contributed by atoms with E-state index in [1.54, 1.807) is 6.92 Å². The molecule has 0 saturated heterocycles. The lowest BCUT2D eigenvalue weighted by Crippen LogP contribution is -2.24. The van der Waals surface area contributed by atoms with Gasteiger partial charge in [0.25, 0.3) is 0 Å². The highest BCUT2D eigenvalue weighted by Gasteiger charge is 2.25. The number of carbonyl (C=O) groups excluding carboxylic acids is 1. The van der Waals surface area contributed by atoms with Gasteiger partial charge in [-0.25, -0.2) is 0 Å². The van der Waals surface area contributed by atoms with Crippen molar-refractivity contribution in [3.05, 3.63) is 0 Å². The van der Waals surface area contributed by atoms with Gasteiger partial charge in [0, 0.05) is 12.3 Å². The van der Waals surface area contributed by atoms with Gasteiger partial charge >= 0.3 is 0 Å². The van der Waals surface area contributed by atoms with Crippen LogP contribution in [0.2, 0.25) is 0 Å². The molecule has 0 radical (unpaired) electrons. The van der Waals surface area contributed by atoms with Crippen molar-refractivity contribution in [3.63, 3.8) is 0 Å². The second-order valence-electron chi connectivity index (χ2n) is 2.12. The molecule has 0 aliphatic carbocycles. The fourth-order valence-corrected chi connectivity index (χ4v) is 1.14. The molecule has 0 spiro atoms. The maximum absolute atomic E-state index is 10.4. The first-order chi connectivity index (χ1) is 4.33. The summed E-state index contributed by atoms with van der Waals surface area (Å²) in [6.07, 6.45) is 0.160. The minimum Gasteiger partial charge on any atom is -0.369 e. The number of alkyl halides is 3. The van der Waals surface area contributed by atoms with Crippen LogP contribution in [0.3, 0.4) is 0 Å². The van der Waals surface area contributed by atoms with Crippen LogP contribution in [0.4, 0.5) is 0 Å². The Kier molecular flexibility index (Phi) is 3.77. The van der Waals surface area contributed by atoms with Crippen molar-refractivity contribution in [3.8, 4) is 0 Å². The number of carbonyl (C=O) groups is 1. The molecule has 1 atom stereocenters. The molecule has 2 nitrogen and oxygen atoms in total. The standard InChI is InChI=1S/C5H8Cl3NO/c1-3(4(9)10)2-5(6,7)8/h3H,2H2,1H3,(H2,9,10). The minimum absolute atomic E-state index is 0.160. The second-order valence-corrected chi connectivity index (χ2v) is 4.64. The molecule has 0 rings (SSSR count). The molecule has 0 saturated carbocycles. The van der Waals surface area contributed by atoms with Gasteiger partial charge in [0.05, 0.1) is 0 Å². The largest absolute Gasteiger partial charge is 0.369 e. The van der Waals surface area contributed by atoms with E-state index in [2.05, 4.69) is 0 Å². The molecular weight excluding hydrogens is 196 g/mol. The summed E-state index contributed by atoms with van der Waals surface area (Å²) in [6.45, 7) is 1.62. The predicted molar refractivity (Wildman–Crippen MR) is 43.3 cm³/mol. The smallest absolute Gasteiger partial charge is 0.220 e. The highest BCUT2D eigenvalue weighted by molar-refractivity contribution is 6.67. The van der Waals surface area contributed by atoms with E-state index < -0.39 is 15.6 Å². The van der Waals surface area contributed by atoms with Crippen molar-refractivity contribution in [2.24, 2.45) is 11.7 Å². The summed E-state index contributed by atoms with van der Waals surface area (Å²) in [4.78, 5) is 10.4. The summed E-state index contributed by atoms with van der Waals surface area (Å²) in [7, 11) is 0. The Morgan fingerprint density at radius 3 is 2.10 bits per heavy atom. The lowest BCUT2D eigenvalue weighted by Gasteiger charge is -2.13. The highest BCUT2D eigenvalue weighted by Crippen LogP contribution is 2.33. The summed E-state index contributed by atoms with van der Waals surface area (Å²) in [5, 5.41) is 0. The van der Waals surface area contributed by atoms with E-state index >= 15 is 0 Å². The Balaban J connectivity index is 3.80. The zero-order valence-corrected chi connectivity index (χ0v) is 7.67. The molecule has 0 aromatic heterocycles. The third kappa shape index (κ3) is 5.15. The third-order valence-electron chi connectivity index (χ3n) is 1.02. The van der Waals surface area contributed by atoms with Gasteiger partial charge in [-0.05, 0) is 0 Å². The first-order valence-corrected chi connectivity index (χ1v) is 3.82. The van der Waals surface area contributed by atoms with E-state index in [0.29, 0.717) is 0 Å². The van der Waals surface area contributed by atoms with Gasteiger partial charge in [-0.1, -0.05) is 41.7 Å². The summed E-state index contributed by atoms with van der Waals surface area (Å²) in [5.74, 6) is -0.848. The Hall–Kier alpha value is 0.340. The normalized spacial score (nSPS) is 14.8. The Morgan fingerprint density at radius 2 is 2.00 bits per heavy atom. The molecule has 10 heavy (non-hydrogen) atoms. The average Bonchev–Trinajstić information content (AvgIpc) is 1.60. The molecule has 0 aliphatic rings. The Labute approximate surface area is 74.6 Å². The van der Waals surface area contributed by atoms with Gasteiger partial charge in [0.2, 0.25) is 5.91 Å². The van der Waals surface area contributed by atoms with Crippen LogP contribution >= 0.6 is 34.8 Å². The number of primary amides is 1. The molecular formula is C5H8Cl3NO. The van der Waals surface area contributed by atoms with Gasteiger partial charge in [0.1, 0.15) is 0 Å². The first-order valence-electron chi connectivity index (χ1n) is 2.69. The van der Waals surface area contributed by atoms with Crippen LogP contribution in [0.1, 0.15) is 13.3 Å². The summed E-state index contributed by atoms with van der Waals surface area (Å²) in [6, 6.07) is 0. The van der Waals surface area contributed by atoms with Crippen LogP contribution in [0.5, 0.6) is 0 Å². The van der Waals surface area contributed by atoms with E-state index in [0.717, 1.165) is 0 Å². The van der Waals surface area contributed by atoms with E-state index in [1.165, 1.54) is 0 Å². The van der Waals surface area contributed by atoms with E-state index in [1.807, 2.05) is 0 Å². The molecule has 2 N–H and O–H groups in total. The first kappa shape index (κ1) is 10.3. The molecule has 0 aliphatic heterocycles. The van der Waals surface area contributed by atoms with Gasteiger partial charge in [0.15, 0.2) is 3.79 Å². The van der Waals surface area contributed by atoms with Gasteiger partial charge in [-0.2, -0.15) is 0 Å². The highest BCUT2D eigenvalue weighted by atomic mass is 35.6. The maximum Gasteiger partial charge on any atom is 0.220 e. The second kappa shape index (κ2) is 3.65. The van der Waals surface area contributed by atoms with Gasteiger partial charge in [-0.15, -0.1) is 0 Å². The van der Waals surface area contributed by atoms with E-state index in [-0.39, 0.29) is 6.42 Å². The summed E-state index contributed by atoms with van der Waals surface area (Å²) < 4.78 is -1.38. The van der Waals surface area contributed by atoms with Crippen LogP contribution in [0, 0.1) is 5.92 Å². The molecule has 0 aromatic rings. The monoisotopic (exact) mass is 203 g/mol. The molecule has 0 fully saturated rings. The summed E-state index contributed by atoms with van der Waals surface area (Å²) >= 11 is 16.2. The number of hydrogen-bond donors (Lipinski definition) is 1. The van der Waals surface area contributed by atoms with Crippen LogP contribution in [0.15, 0.2) is 0 Å². The Bertz CT molecular complexity index is 131. The molecule has 60 valence electrons. The minimum atomic E-state index is -1.38. The topological polar surface area (TPSA) is 43.1 Å². The quantitative estimate of drug-likeness (QED) is 0.686. The fraction of sp³-hybridized carbons (Fsp3) is 0.800. The SMILES string of the molecule is CC(CC(Cl)(Cl)Cl)C(N)=O. The van der Waals surface area contributed by atoms with Crippen molar-refractivity contribution in [1.82, 2.24) is 0 Å². The average molecular weight is 204 g/mol. The molecule has 0 heterocycles. The van der Waals surface area contributed by atoms with Crippen molar-refractivity contribution in [2.45, 2.75) is 17.1 Å². The number of halogens is 3. The number of nitrogens with two attached hydrogens (primary N) is 1. The van der Waals surface area contributed by atoms with E-state index in [4.69, 9.17) is 40.5 Å². The number of hydrogen-bond acceptors (Lipinski definition) is 1. The maximum atomic E-state index is 10.4. The molecule has 5 heteroatoms. The zero-order chi connectivity index (χ0) is 8.36. The number of amides is 1. The van der Waals surface area contributed by atoms with Crippen LogP contribution in [-0.2, 0) is 4.79 Å². The van der Waals surface area contributed by atoms with Gasteiger partial charge < -0.3 is 5.73 Å². The molecule has 1 unspecified atom stereocenters. The van der Waals surface area contributed by atoms with E-state index in [9.17, 15) is 4.79 Å². The van der Waals surface area contributed by atoms with Crippen LogP contribution in [0.25, 0.3) is 0 Å². The molecule has 0 bridgehead atoms. The van der Waals surface area contributed by atoms with Gasteiger partial charge in [-0.3, -0.25) is 4.79 Å². The van der Waals surface area contributed by atoms with Crippen molar-refractivity contribution < 1.29 is 4.79 Å². The lowest BCUT2D eigenvalue weighted by molar-refractivity contribution is -0.121. The number of rotatable bonds is 2. The Morgan fingerprint density at radius 1 is 1.60 bits per heavy atom. The fourth-order valence-electron chi connectivity index (χ4n) is 0.448. The predicted octanol–water partition coefficient (Wildman–Crippen LogP) is 1.87. The van der Waals surface area contributed by atoms with Crippen LogP contribution in [-0.4, -0.2) is 9.70 Å². The van der Waals surface area contributed by atoms with Crippen molar-refractivity contribution >= 4 is 40.7 Å². The summed E-state index contributed by atoms with van der Waals surface area (Å²) in [5.41, 5.74) is 4.93. The molecule has 0 aromatic carbocycles. The zero-order valence-electron chi connectivity index (χ0n) is 5.40. The molecule has 1 amide bonds.